The number of amides is 1. The fraction of sp³-hybridized carbons (Fsp3) is 0.250. The van der Waals surface area contributed by atoms with Gasteiger partial charge in [-0.25, -0.2) is 4.79 Å². The predicted molar refractivity (Wildman–Crippen MR) is 134 cm³/mol. The van der Waals surface area contributed by atoms with Crippen molar-refractivity contribution < 1.29 is 19.1 Å². The lowest BCUT2D eigenvalue weighted by Crippen LogP contribution is -2.27. The van der Waals surface area contributed by atoms with Gasteiger partial charge in [-0.15, -0.1) is 0 Å². The summed E-state index contributed by atoms with van der Waals surface area (Å²) in [6.07, 6.45) is -0.446. The summed E-state index contributed by atoms with van der Waals surface area (Å²) in [4.78, 5) is 29.3. The Balaban J connectivity index is 1.95. The van der Waals surface area contributed by atoms with Crippen LogP contribution in [-0.4, -0.2) is 30.5 Å². The number of carbonyl (C=O) groups excluding carboxylic acids is 2. The molecule has 3 aromatic rings. The van der Waals surface area contributed by atoms with Gasteiger partial charge in [-0.05, 0) is 38.5 Å². The van der Waals surface area contributed by atoms with E-state index in [1.54, 1.807) is 12.1 Å². The standard InChI is InChI=1S/C28H30N2O4/c1-28(2,3)34-27(32)29-23-17-15-20(16-18-23)24(19-25(31)33-4)30-26(21-11-7-5-8-12-21)22-13-9-6-10-14-22/h5-18,24H,19H2,1-4H3,(H,29,32). The minimum Gasteiger partial charge on any atom is -0.469 e. The van der Waals surface area contributed by atoms with Gasteiger partial charge >= 0.3 is 12.1 Å². The van der Waals surface area contributed by atoms with Gasteiger partial charge in [-0.2, -0.15) is 0 Å². The molecule has 0 fully saturated rings. The number of hydrogen-bond donors (Lipinski definition) is 1. The van der Waals surface area contributed by atoms with Crippen molar-refractivity contribution in [2.75, 3.05) is 12.4 Å². The summed E-state index contributed by atoms with van der Waals surface area (Å²) in [6, 6.07) is 26.5. The number of methoxy groups -OCH3 is 1. The molecule has 0 saturated carbocycles. The Morgan fingerprint density at radius 2 is 1.38 bits per heavy atom. The number of hydrogen-bond acceptors (Lipinski definition) is 5. The lowest BCUT2D eigenvalue weighted by Gasteiger charge is -2.20. The Bertz CT molecular complexity index is 1080. The normalized spacial score (nSPS) is 11.8. The predicted octanol–water partition coefficient (Wildman–Crippen LogP) is 6.18. The summed E-state index contributed by atoms with van der Waals surface area (Å²) in [5, 5.41) is 2.72. The first-order valence-electron chi connectivity index (χ1n) is 11.1. The molecule has 0 aliphatic carbocycles. The largest absolute Gasteiger partial charge is 0.469 e. The van der Waals surface area contributed by atoms with Crippen molar-refractivity contribution in [2.24, 2.45) is 4.99 Å². The van der Waals surface area contributed by atoms with Crippen LogP contribution < -0.4 is 5.32 Å². The van der Waals surface area contributed by atoms with Crippen LogP contribution >= 0.6 is 0 Å². The third-order valence-corrected chi connectivity index (χ3v) is 4.91. The fourth-order valence-electron chi connectivity index (χ4n) is 3.35. The second kappa shape index (κ2) is 11.3. The van der Waals surface area contributed by atoms with Crippen LogP contribution in [-0.2, 0) is 14.3 Å². The molecule has 1 unspecified atom stereocenters. The second-order valence-corrected chi connectivity index (χ2v) is 8.75. The smallest absolute Gasteiger partial charge is 0.412 e. The Labute approximate surface area is 200 Å². The highest BCUT2D eigenvalue weighted by Crippen LogP contribution is 2.26. The molecule has 0 aliphatic rings. The van der Waals surface area contributed by atoms with Gasteiger partial charge in [0.25, 0.3) is 0 Å². The zero-order chi connectivity index (χ0) is 24.6. The molecule has 0 heterocycles. The Morgan fingerprint density at radius 1 is 0.853 bits per heavy atom. The number of benzene rings is 3. The molecule has 0 aromatic heterocycles. The number of rotatable bonds is 7. The lowest BCUT2D eigenvalue weighted by atomic mass is 9.99. The van der Waals surface area contributed by atoms with Crippen LogP contribution in [0.1, 0.15) is 49.9 Å². The number of aliphatic imine (C=N–C) groups is 1. The minimum absolute atomic E-state index is 0.0819. The third kappa shape index (κ3) is 7.30. The maximum absolute atomic E-state index is 12.2. The first-order chi connectivity index (χ1) is 16.2. The van der Waals surface area contributed by atoms with Crippen LogP contribution in [0.2, 0.25) is 0 Å². The average molecular weight is 459 g/mol. The zero-order valence-electron chi connectivity index (χ0n) is 19.9. The molecule has 34 heavy (non-hydrogen) atoms. The van der Waals surface area contributed by atoms with Gasteiger partial charge in [0.15, 0.2) is 0 Å². The van der Waals surface area contributed by atoms with Crippen LogP contribution in [0.3, 0.4) is 0 Å². The summed E-state index contributed by atoms with van der Waals surface area (Å²) >= 11 is 0. The molecular weight excluding hydrogens is 428 g/mol. The molecule has 0 saturated heterocycles. The molecule has 6 heteroatoms. The van der Waals surface area contributed by atoms with Crippen molar-refractivity contribution in [1.29, 1.82) is 0 Å². The summed E-state index contributed by atoms with van der Waals surface area (Å²) in [5.41, 5.74) is 3.51. The van der Waals surface area contributed by atoms with Gasteiger partial charge in [0.2, 0.25) is 0 Å². The molecule has 176 valence electrons. The van der Waals surface area contributed by atoms with Crippen molar-refractivity contribution in [3.63, 3.8) is 0 Å². The molecule has 3 rings (SSSR count). The van der Waals surface area contributed by atoms with Gasteiger partial charge in [-0.1, -0.05) is 72.8 Å². The van der Waals surface area contributed by atoms with E-state index in [9.17, 15) is 9.59 Å². The van der Waals surface area contributed by atoms with Crippen LogP contribution in [0.5, 0.6) is 0 Å². The average Bonchev–Trinajstić information content (AvgIpc) is 2.82. The van der Waals surface area contributed by atoms with E-state index in [0.29, 0.717) is 5.69 Å². The molecule has 0 bridgehead atoms. The van der Waals surface area contributed by atoms with Crippen molar-refractivity contribution >= 4 is 23.5 Å². The molecule has 6 nitrogen and oxygen atoms in total. The number of esters is 1. The zero-order valence-corrected chi connectivity index (χ0v) is 19.9. The maximum Gasteiger partial charge on any atom is 0.412 e. The summed E-state index contributed by atoms with van der Waals surface area (Å²) < 4.78 is 10.2. The lowest BCUT2D eigenvalue weighted by molar-refractivity contribution is -0.141. The van der Waals surface area contributed by atoms with Gasteiger partial charge in [-0.3, -0.25) is 15.1 Å². The number of nitrogens with zero attached hydrogens (tertiary/aromatic N) is 1. The Morgan fingerprint density at radius 3 is 1.85 bits per heavy atom. The monoisotopic (exact) mass is 458 g/mol. The van der Waals surface area contributed by atoms with E-state index >= 15 is 0 Å². The van der Waals surface area contributed by atoms with Crippen molar-refractivity contribution in [3.05, 3.63) is 102 Å². The molecular formula is C28H30N2O4. The van der Waals surface area contributed by atoms with E-state index in [0.717, 1.165) is 22.4 Å². The van der Waals surface area contributed by atoms with E-state index in [-0.39, 0.29) is 12.4 Å². The molecule has 0 radical (unpaired) electrons. The molecule has 3 aromatic carbocycles. The summed E-state index contributed by atoms with van der Waals surface area (Å²) in [7, 11) is 1.37. The Kier molecular flexibility index (Phi) is 8.19. The van der Waals surface area contributed by atoms with Crippen molar-refractivity contribution in [3.8, 4) is 0 Å². The highest BCUT2D eigenvalue weighted by Gasteiger charge is 2.19. The maximum atomic E-state index is 12.2. The van der Waals surface area contributed by atoms with Crippen LogP contribution in [0.25, 0.3) is 0 Å². The Hall–Kier alpha value is -3.93. The SMILES string of the molecule is COC(=O)CC(N=C(c1ccccc1)c1ccccc1)c1ccc(NC(=O)OC(C)(C)C)cc1. The first-order valence-corrected chi connectivity index (χ1v) is 11.1. The second-order valence-electron chi connectivity index (χ2n) is 8.75. The quantitative estimate of drug-likeness (QED) is 0.339. The van der Waals surface area contributed by atoms with Crippen LogP contribution in [0.15, 0.2) is 89.9 Å². The highest BCUT2D eigenvalue weighted by atomic mass is 16.6. The first kappa shape index (κ1) is 24.7. The van der Waals surface area contributed by atoms with E-state index in [1.807, 2.05) is 93.6 Å². The van der Waals surface area contributed by atoms with E-state index < -0.39 is 17.7 Å². The van der Waals surface area contributed by atoms with E-state index in [2.05, 4.69) is 5.32 Å². The summed E-state index contributed by atoms with van der Waals surface area (Å²) in [5.74, 6) is -0.356. The van der Waals surface area contributed by atoms with Crippen LogP contribution in [0.4, 0.5) is 10.5 Å². The number of anilines is 1. The van der Waals surface area contributed by atoms with Crippen LogP contribution in [0, 0.1) is 0 Å². The fourth-order valence-corrected chi connectivity index (χ4v) is 3.35. The molecule has 1 atom stereocenters. The van der Waals surface area contributed by atoms with Crippen molar-refractivity contribution in [1.82, 2.24) is 0 Å². The van der Waals surface area contributed by atoms with Gasteiger partial charge in [0.1, 0.15) is 5.60 Å². The van der Waals surface area contributed by atoms with Crippen molar-refractivity contribution in [2.45, 2.75) is 38.8 Å². The minimum atomic E-state index is -0.588. The third-order valence-electron chi connectivity index (χ3n) is 4.91. The summed E-state index contributed by atoms with van der Waals surface area (Å²) in [6.45, 7) is 5.42. The topological polar surface area (TPSA) is 77.0 Å². The molecule has 1 N–H and O–H groups in total. The highest BCUT2D eigenvalue weighted by molar-refractivity contribution is 6.13. The van der Waals surface area contributed by atoms with Gasteiger partial charge in [0, 0.05) is 16.8 Å². The molecule has 0 aliphatic heterocycles. The number of nitrogens with one attached hydrogen (secondary N) is 1. The number of ether oxygens (including phenoxy) is 2. The van der Waals surface area contributed by atoms with Gasteiger partial charge in [0.05, 0.1) is 25.3 Å². The molecule has 0 spiro atoms. The van der Waals surface area contributed by atoms with E-state index in [1.165, 1.54) is 7.11 Å². The number of carbonyl (C=O) groups is 2. The van der Waals surface area contributed by atoms with E-state index in [4.69, 9.17) is 14.5 Å². The molecule has 1 amide bonds. The van der Waals surface area contributed by atoms with Gasteiger partial charge < -0.3 is 9.47 Å².